The largest absolute Gasteiger partial charge is 0.457 e. The maximum Gasteiger partial charge on any atom is 0.267 e. The van der Waals surface area contributed by atoms with Crippen LogP contribution in [0, 0.1) is 17.7 Å². The lowest BCUT2D eigenvalue weighted by atomic mass is 10.0. The summed E-state index contributed by atoms with van der Waals surface area (Å²) in [5.41, 5.74) is 7.00. The molecule has 0 radical (unpaired) electrons. The number of hydrogen-bond acceptors (Lipinski definition) is 5. The number of carbonyl (C=O) groups excluding carboxylic acids is 2. The van der Waals surface area contributed by atoms with Crippen molar-refractivity contribution in [3.05, 3.63) is 83.4 Å². The van der Waals surface area contributed by atoms with Crippen LogP contribution in [0.15, 0.2) is 60.8 Å². The van der Waals surface area contributed by atoms with Crippen LogP contribution in [0.25, 0.3) is 0 Å². The van der Waals surface area contributed by atoms with Gasteiger partial charge in [0.2, 0.25) is 5.91 Å². The molecule has 1 aromatic heterocycles. The third-order valence-corrected chi connectivity index (χ3v) is 4.78. The van der Waals surface area contributed by atoms with Gasteiger partial charge in [-0.3, -0.25) is 14.6 Å². The van der Waals surface area contributed by atoms with E-state index in [1.54, 1.807) is 19.9 Å². The zero-order valence-corrected chi connectivity index (χ0v) is 19.5. The summed E-state index contributed by atoms with van der Waals surface area (Å²) in [6.45, 7) is 3.29. The lowest BCUT2D eigenvalue weighted by Gasteiger charge is -2.08. The average Bonchev–Trinajstić information content (AvgIpc) is 2.99. The van der Waals surface area contributed by atoms with Gasteiger partial charge in [-0.2, -0.15) is 0 Å². The SMILES string of the molecule is CC(C)(O)C#Cc1ccc2c(c1)NC(=O)CCC2.NC(=O)c1cc(Oc2ccc(F)cc2)ccn1. The minimum Gasteiger partial charge on any atom is -0.457 e. The molecule has 0 fully saturated rings. The fraction of sp³-hybridized carbons (Fsp3) is 0.222. The van der Waals surface area contributed by atoms with Crippen LogP contribution >= 0.6 is 0 Å². The van der Waals surface area contributed by atoms with E-state index in [1.807, 2.05) is 18.2 Å². The Kier molecular flexibility index (Phi) is 8.18. The third kappa shape index (κ3) is 8.25. The summed E-state index contributed by atoms with van der Waals surface area (Å²) in [5.74, 6) is 5.65. The van der Waals surface area contributed by atoms with Crippen molar-refractivity contribution in [1.82, 2.24) is 4.98 Å². The molecule has 35 heavy (non-hydrogen) atoms. The van der Waals surface area contributed by atoms with E-state index in [0.29, 0.717) is 17.9 Å². The predicted molar refractivity (Wildman–Crippen MR) is 130 cm³/mol. The Hall–Kier alpha value is -4.22. The second-order valence-corrected chi connectivity index (χ2v) is 8.38. The number of pyridine rings is 1. The van der Waals surface area contributed by atoms with Gasteiger partial charge in [-0.1, -0.05) is 17.9 Å². The number of nitrogens with zero attached hydrogens (tertiary/aromatic N) is 1. The first-order valence-electron chi connectivity index (χ1n) is 11.0. The van der Waals surface area contributed by atoms with Crippen LogP contribution in [-0.4, -0.2) is 27.5 Å². The molecular weight excluding hydrogens is 449 g/mol. The number of aryl methyl sites for hydroxylation is 1. The lowest BCUT2D eigenvalue weighted by molar-refractivity contribution is -0.116. The topological polar surface area (TPSA) is 115 Å². The molecule has 0 aliphatic carbocycles. The van der Waals surface area contributed by atoms with Crippen molar-refractivity contribution >= 4 is 17.5 Å². The van der Waals surface area contributed by atoms with E-state index in [1.165, 1.54) is 36.5 Å². The second-order valence-electron chi connectivity index (χ2n) is 8.38. The summed E-state index contributed by atoms with van der Waals surface area (Å²) in [4.78, 5) is 26.2. The molecule has 7 nitrogen and oxygen atoms in total. The Bertz CT molecular complexity index is 1270. The Morgan fingerprint density at radius 2 is 1.86 bits per heavy atom. The number of benzene rings is 2. The van der Waals surface area contributed by atoms with Crippen LogP contribution in [0.1, 0.15) is 48.3 Å². The molecule has 2 heterocycles. The van der Waals surface area contributed by atoms with Crippen molar-refractivity contribution in [3.8, 4) is 23.3 Å². The Morgan fingerprint density at radius 1 is 1.11 bits per heavy atom. The van der Waals surface area contributed by atoms with Gasteiger partial charge >= 0.3 is 0 Å². The van der Waals surface area contributed by atoms with Gasteiger partial charge in [-0.25, -0.2) is 4.39 Å². The lowest BCUT2D eigenvalue weighted by Crippen LogP contribution is -2.14. The Morgan fingerprint density at radius 3 is 2.54 bits per heavy atom. The van der Waals surface area contributed by atoms with E-state index in [4.69, 9.17) is 10.5 Å². The minimum absolute atomic E-state index is 0.0568. The number of carbonyl (C=O) groups is 2. The van der Waals surface area contributed by atoms with Gasteiger partial charge in [0.1, 0.15) is 28.6 Å². The van der Waals surface area contributed by atoms with E-state index < -0.39 is 11.5 Å². The van der Waals surface area contributed by atoms with Crippen LogP contribution in [0.5, 0.6) is 11.5 Å². The van der Waals surface area contributed by atoms with Crippen LogP contribution in [-0.2, 0) is 11.2 Å². The van der Waals surface area contributed by atoms with Crippen LogP contribution in [0.4, 0.5) is 10.1 Å². The molecule has 4 rings (SSSR count). The van der Waals surface area contributed by atoms with Gasteiger partial charge in [-0.15, -0.1) is 0 Å². The molecule has 0 bridgehead atoms. The van der Waals surface area contributed by atoms with Crippen LogP contribution in [0.2, 0.25) is 0 Å². The zero-order valence-electron chi connectivity index (χ0n) is 19.5. The van der Waals surface area contributed by atoms with Crippen molar-refractivity contribution in [2.45, 2.75) is 38.7 Å². The third-order valence-electron chi connectivity index (χ3n) is 4.78. The van der Waals surface area contributed by atoms with Crippen molar-refractivity contribution < 1.29 is 23.8 Å². The van der Waals surface area contributed by atoms with Gasteiger partial charge < -0.3 is 20.9 Å². The highest BCUT2D eigenvalue weighted by Gasteiger charge is 2.13. The molecule has 0 spiro atoms. The van der Waals surface area contributed by atoms with Gasteiger partial charge in [0.15, 0.2) is 0 Å². The normalized spacial score (nSPS) is 12.5. The quantitative estimate of drug-likeness (QED) is 0.492. The van der Waals surface area contributed by atoms with Gasteiger partial charge in [0.05, 0.1) is 0 Å². The summed E-state index contributed by atoms with van der Waals surface area (Å²) in [5, 5.41) is 12.5. The second kappa shape index (κ2) is 11.3. The van der Waals surface area contributed by atoms with E-state index in [0.717, 1.165) is 29.7 Å². The fourth-order valence-corrected chi connectivity index (χ4v) is 3.11. The highest BCUT2D eigenvalue weighted by molar-refractivity contribution is 5.92. The number of rotatable bonds is 3. The van der Waals surface area contributed by atoms with E-state index in [2.05, 4.69) is 22.1 Å². The first-order chi connectivity index (χ1) is 16.6. The summed E-state index contributed by atoms with van der Waals surface area (Å²) in [6.07, 6.45) is 3.78. The number of fused-ring (bicyclic) bond motifs is 1. The Balaban J connectivity index is 0.000000196. The molecule has 0 saturated heterocycles. The first-order valence-corrected chi connectivity index (χ1v) is 11.0. The monoisotopic (exact) mass is 475 g/mol. The minimum atomic E-state index is -1.00. The number of ether oxygens (including phenoxy) is 1. The van der Waals surface area contributed by atoms with Gasteiger partial charge in [0.25, 0.3) is 5.91 Å². The molecule has 8 heteroatoms. The van der Waals surface area contributed by atoms with Gasteiger partial charge in [-0.05, 0) is 74.7 Å². The van der Waals surface area contributed by atoms with E-state index >= 15 is 0 Å². The molecule has 180 valence electrons. The first kappa shape index (κ1) is 25.4. The maximum absolute atomic E-state index is 12.7. The average molecular weight is 476 g/mol. The van der Waals surface area contributed by atoms with Crippen molar-refractivity contribution in [2.75, 3.05) is 5.32 Å². The van der Waals surface area contributed by atoms with Crippen LogP contribution in [0.3, 0.4) is 0 Å². The highest BCUT2D eigenvalue weighted by Crippen LogP contribution is 2.23. The van der Waals surface area contributed by atoms with Crippen molar-refractivity contribution in [3.63, 3.8) is 0 Å². The molecule has 0 unspecified atom stereocenters. The molecule has 0 atom stereocenters. The van der Waals surface area contributed by atoms with Gasteiger partial charge in [0, 0.05) is 29.9 Å². The summed E-state index contributed by atoms with van der Waals surface area (Å²) < 4.78 is 18.1. The smallest absolute Gasteiger partial charge is 0.267 e. The standard InChI is InChI=1S/C15H17NO2.C12H9FN2O2/c1-15(2,18)9-8-11-6-7-12-4-3-5-14(17)16-13(12)10-11;13-8-1-3-9(4-2-8)17-10-5-6-15-11(7-10)12(14)16/h6-7,10,18H,3-5H2,1-2H3,(H,16,17);1-7H,(H2,14,16). The number of anilines is 1. The summed E-state index contributed by atoms with van der Waals surface area (Å²) in [7, 11) is 0. The molecule has 2 amide bonds. The summed E-state index contributed by atoms with van der Waals surface area (Å²) in [6, 6.07) is 14.3. The number of nitrogens with one attached hydrogen (secondary N) is 1. The zero-order chi connectivity index (χ0) is 25.4. The number of halogens is 1. The number of nitrogens with two attached hydrogens (primary N) is 1. The predicted octanol–water partition coefficient (Wildman–Crippen LogP) is 4.20. The number of hydrogen-bond donors (Lipinski definition) is 3. The molecular formula is C27H26FN3O4. The van der Waals surface area contributed by atoms with Crippen molar-refractivity contribution in [2.24, 2.45) is 5.73 Å². The molecule has 3 aromatic rings. The van der Waals surface area contributed by atoms with Crippen molar-refractivity contribution in [1.29, 1.82) is 0 Å². The molecule has 1 aliphatic heterocycles. The van der Waals surface area contributed by atoms with E-state index in [-0.39, 0.29) is 17.4 Å². The number of amides is 2. The van der Waals surface area contributed by atoms with E-state index in [9.17, 15) is 19.1 Å². The Labute approximate surface area is 203 Å². The maximum atomic E-state index is 12.7. The molecule has 1 aliphatic rings. The molecule has 2 aromatic carbocycles. The number of aromatic nitrogens is 1. The fourth-order valence-electron chi connectivity index (χ4n) is 3.11. The van der Waals surface area contributed by atoms with Crippen LogP contribution < -0.4 is 15.8 Å². The number of primary amides is 1. The molecule has 4 N–H and O–H groups in total. The molecule has 0 saturated carbocycles. The summed E-state index contributed by atoms with van der Waals surface area (Å²) >= 11 is 0. The highest BCUT2D eigenvalue weighted by atomic mass is 19.1. The number of aliphatic hydroxyl groups is 1.